The number of anilines is 1. The predicted octanol–water partition coefficient (Wildman–Crippen LogP) is 4.24. The van der Waals surface area contributed by atoms with E-state index in [9.17, 15) is 9.18 Å². The van der Waals surface area contributed by atoms with Gasteiger partial charge in [0.15, 0.2) is 0 Å². The van der Waals surface area contributed by atoms with E-state index in [-0.39, 0.29) is 5.56 Å². The number of nitrogens with zero attached hydrogens (tertiary/aromatic N) is 1. The van der Waals surface area contributed by atoms with E-state index in [4.69, 9.17) is 0 Å². The van der Waals surface area contributed by atoms with Crippen molar-refractivity contribution in [1.82, 2.24) is 4.98 Å². The molecule has 0 aliphatic carbocycles. The lowest BCUT2D eigenvalue weighted by Gasteiger charge is -2.11. The number of rotatable bonds is 2. The Balaban J connectivity index is 2.05. The van der Waals surface area contributed by atoms with E-state index in [1.54, 1.807) is 24.4 Å². The third-order valence-electron chi connectivity index (χ3n) is 3.55. The summed E-state index contributed by atoms with van der Waals surface area (Å²) in [6.45, 7) is 3.96. The molecule has 0 fully saturated rings. The number of halogens is 1. The van der Waals surface area contributed by atoms with Crippen LogP contribution in [0.4, 0.5) is 10.1 Å². The molecule has 1 heterocycles. The fourth-order valence-electron chi connectivity index (χ4n) is 2.56. The number of carbonyl (C=O) groups excluding carboxylic acids is 1. The molecule has 2 aromatic carbocycles. The van der Waals surface area contributed by atoms with Crippen molar-refractivity contribution in [2.45, 2.75) is 13.8 Å². The highest BCUT2D eigenvalue weighted by atomic mass is 19.1. The minimum atomic E-state index is -0.536. The molecule has 1 N–H and O–H groups in total. The van der Waals surface area contributed by atoms with Crippen LogP contribution in [-0.2, 0) is 0 Å². The molecule has 0 unspecified atom stereocenters. The highest BCUT2D eigenvalue weighted by molar-refractivity contribution is 6.09. The van der Waals surface area contributed by atoms with Crippen LogP contribution in [0.1, 0.15) is 21.5 Å². The zero-order valence-electron chi connectivity index (χ0n) is 12.4. The van der Waals surface area contributed by atoms with Crippen LogP contribution in [-0.4, -0.2) is 10.9 Å². The molecule has 3 rings (SSSR count). The quantitative estimate of drug-likeness (QED) is 0.768. The molecular formula is C18H15FN2O. The first-order chi connectivity index (χ1) is 10.6. The Kier molecular flexibility index (Phi) is 3.59. The topological polar surface area (TPSA) is 42.0 Å². The minimum absolute atomic E-state index is 0.0248. The summed E-state index contributed by atoms with van der Waals surface area (Å²) < 4.78 is 13.7. The number of amides is 1. The van der Waals surface area contributed by atoms with Crippen LogP contribution < -0.4 is 5.32 Å². The SMILES string of the molecule is Cc1cc(C)c2nccc(NC(=O)c3ccccc3F)c2c1. The Hall–Kier alpha value is -2.75. The van der Waals surface area contributed by atoms with E-state index in [2.05, 4.69) is 10.3 Å². The van der Waals surface area contributed by atoms with Gasteiger partial charge in [-0.1, -0.05) is 23.8 Å². The van der Waals surface area contributed by atoms with Gasteiger partial charge in [-0.25, -0.2) is 4.39 Å². The standard InChI is InChI=1S/C18H15FN2O/c1-11-9-12(2)17-14(10-11)16(7-8-20-17)21-18(22)13-5-3-4-6-15(13)19/h3-10H,1-2H3,(H,20,21,22). The molecule has 22 heavy (non-hydrogen) atoms. The van der Waals surface area contributed by atoms with Gasteiger partial charge in [0.2, 0.25) is 0 Å². The maximum Gasteiger partial charge on any atom is 0.258 e. The summed E-state index contributed by atoms with van der Waals surface area (Å²) in [6.07, 6.45) is 1.64. The number of benzene rings is 2. The van der Waals surface area contributed by atoms with Crippen molar-refractivity contribution in [2.75, 3.05) is 5.32 Å². The summed E-state index contributed by atoms with van der Waals surface area (Å²) in [5, 5.41) is 3.63. The Morgan fingerprint density at radius 1 is 1.14 bits per heavy atom. The second-order valence-electron chi connectivity index (χ2n) is 5.27. The Labute approximate surface area is 127 Å². The van der Waals surface area contributed by atoms with Gasteiger partial charge < -0.3 is 5.32 Å². The molecule has 1 aromatic heterocycles. The number of fused-ring (bicyclic) bond motifs is 1. The van der Waals surface area contributed by atoms with Crippen molar-refractivity contribution in [2.24, 2.45) is 0 Å². The van der Waals surface area contributed by atoms with Gasteiger partial charge in [0, 0.05) is 11.6 Å². The number of pyridine rings is 1. The smallest absolute Gasteiger partial charge is 0.258 e. The maximum atomic E-state index is 13.7. The number of hydrogen-bond donors (Lipinski definition) is 1. The van der Waals surface area contributed by atoms with E-state index in [0.29, 0.717) is 5.69 Å². The fraction of sp³-hybridized carbons (Fsp3) is 0.111. The van der Waals surface area contributed by atoms with Crippen molar-refractivity contribution in [1.29, 1.82) is 0 Å². The average Bonchev–Trinajstić information content (AvgIpc) is 2.48. The van der Waals surface area contributed by atoms with Gasteiger partial charge in [-0.15, -0.1) is 0 Å². The molecule has 1 amide bonds. The fourth-order valence-corrected chi connectivity index (χ4v) is 2.56. The van der Waals surface area contributed by atoms with Crippen LogP contribution in [0.2, 0.25) is 0 Å². The van der Waals surface area contributed by atoms with Crippen LogP contribution in [0.25, 0.3) is 10.9 Å². The highest BCUT2D eigenvalue weighted by Crippen LogP contribution is 2.26. The van der Waals surface area contributed by atoms with Gasteiger partial charge in [-0.2, -0.15) is 0 Å². The van der Waals surface area contributed by atoms with Gasteiger partial charge in [-0.3, -0.25) is 9.78 Å². The van der Waals surface area contributed by atoms with Crippen LogP contribution in [0, 0.1) is 19.7 Å². The van der Waals surface area contributed by atoms with E-state index in [1.807, 2.05) is 26.0 Å². The lowest BCUT2D eigenvalue weighted by atomic mass is 10.1. The second-order valence-corrected chi connectivity index (χ2v) is 5.27. The largest absolute Gasteiger partial charge is 0.321 e. The van der Waals surface area contributed by atoms with E-state index >= 15 is 0 Å². The first-order valence-corrected chi connectivity index (χ1v) is 6.98. The Bertz CT molecular complexity index is 874. The second kappa shape index (κ2) is 5.56. The molecule has 110 valence electrons. The molecular weight excluding hydrogens is 279 g/mol. The summed E-state index contributed by atoms with van der Waals surface area (Å²) in [4.78, 5) is 16.6. The molecule has 0 bridgehead atoms. The molecule has 3 nitrogen and oxygen atoms in total. The molecule has 0 aliphatic rings. The van der Waals surface area contributed by atoms with Crippen LogP contribution in [0.5, 0.6) is 0 Å². The summed E-state index contributed by atoms with van der Waals surface area (Å²) in [6, 6.07) is 11.7. The predicted molar refractivity (Wildman–Crippen MR) is 85.6 cm³/mol. The minimum Gasteiger partial charge on any atom is -0.321 e. The molecule has 0 spiro atoms. The molecule has 3 aromatic rings. The van der Waals surface area contributed by atoms with Crippen LogP contribution in [0.3, 0.4) is 0 Å². The summed E-state index contributed by atoms with van der Waals surface area (Å²) in [5.41, 5.74) is 3.61. The number of nitrogens with one attached hydrogen (secondary N) is 1. The third kappa shape index (κ3) is 2.55. The zero-order chi connectivity index (χ0) is 15.7. The van der Waals surface area contributed by atoms with Crippen LogP contribution in [0.15, 0.2) is 48.7 Å². The Morgan fingerprint density at radius 2 is 1.91 bits per heavy atom. The number of hydrogen-bond acceptors (Lipinski definition) is 2. The van der Waals surface area contributed by atoms with Crippen molar-refractivity contribution >= 4 is 22.5 Å². The first-order valence-electron chi connectivity index (χ1n) is 6.98. The van der Waals surface area contributed by atoms with E-state index in [0.717, 1.165) is 22.0 Å². The molecule has 0 saturated carbocycles. The Morgan fingerprint density at radius 3 is 2.68 bits per heavy atom. The normalized spacial score (nSPS) is 10.7. The lowest BCUT2D eigenvalue weighted by Crippen LogP contribution is -2.14. The maximum absolute atomic E-state index is 13.7. The molecule has 0 radical (unpaired) electrons. The molecule has 0 saturated heterocycles. The third-order valence-corrected chi connectivity index (χ3v) is 3.55. The van der Waals surface area contributed by atoms with Gasteiger partial charge >= 0.3 is 0 Å². The van der Waals surface area contributed by atoms with Crippen molar-refractivity contribution in [3.63, 3.8) is 0 Å². The van der Waals surface area contributed by atoms with Crippen molar-refractivity contribution in [3.8, 4) is 0 Å². The van der Waals surface area contributed by atoms with Gasteiger partial charge in [0.1, 0.15) is 5.82 Å². The van der Waals surface area contributed by atoms with Gasteiger partial charge in [-0.05, 0) is 43.7 Å². The zero-order valence-corrected chi connectivity index (χ0v) is 12.4. The average molecular weight is 294 g/mol. The number of aromatic nitrogens is 1. The lowest BCUT2D eigenvalue weighted by molar-refractivity contribution is 0.102. The van der Waals surface area contributed by atoms with Crippen molar-refractivity contribution < 1.29 is 9.18 Å². The first kappa shape index (κ1) is 14.2. The number of aryl methyl sites for hydroxylation is 2. The van der Waals surface area contributed by atoms with Crippen LogP contribution >= 0.6 is 0 Å². The monoisotopic (exact) mass is 294 g/mol. The van der Waals surface area contributed by atoms with E-state index < -0.39 is 11.7 Å². The van der Waals surface area contributed by atoms with Gasteiger partial charge in [0.25, 0.3) is 5.91 Å². The van der Waals surface area contributed by atoms with E-state index in [1.165, 1.54) is 12.1 Å². The highest BCUT2D eigenvalue weighted by Gasteiger charge is 2.13. The molecule has 4 heteroatoms. The molecule has 0 atom stereocenters. The van der Waals surface area contributed by atoms with Crippen molar-refractivity contribution in [3.05, 3.63) is 71.2 Å². The summed E-state index contributed by atoms with van der Waals surface area (Å²) in [5.74, 6) is -1.00. The molecule has 0 aliphatic heterocycles. The summed E-state index contributed by atoms with van der Waals surface area (Å²) >= 11 is 0. The van der Waals surface area contributed by atoms with Gasteiger partial charge in [0.05, 0.1) is 16.8 Å². The number of carbonyl (C=O) groups is 1. The summed E-state index contributed by atoms with van der Waals surface area (Å²) in [7, 11) is 0.